The topological polar surface area (TPSA) is 77.3 Å². The van der Waals surface area contributed by atoms with Gasteiger partial charge in [0.05, 0.1) is 17.4 Å². The van der Waals surface area contributed by atoms with E-state index in [2.05, 4.69) is 10.3 Å². The highest BCUT2D eigenvalue weighted by Crippen LogP contribution is 2.34. The van der Waals surface area contributed by atoms with Crippen molar-refractivity contribution in [2.24, 2.45) is 0 Å². The van der Waals surface area contributed by atoms with Crippen LogP contribution >= 0.6 is 0 Å². The van der Waals surface area contributed by atoms with Crippen molar-refractivity contribution in [3.8, 4) is 5.75 Å². The summed E-state index contributed by atoms with van der Waals surface area (Å²) < 4.78 is 18.9. The zero-order chi connectivity index (χ0) is 18.7. The monoisotopic (exact) mass is 355 g/mol. The summed E-state index contributed by atoms with van der Waals surface area (Å²) in [5.74, 6) is 0.109. The van der Waals surface area contributed by atoms with Gasteiger partial charge in [-0.3, -0.25) is 15.1 Å². The fourth-order valence-corrected chi connectivity index (χ4v) is 2.95. The summed E-state index contributed by atoms with van der Waals surface area (Å²) in [6, 6.07) is 9.54. The highest BCUT2D eigenvalue weighted by molar-refractivity contribution is 5.95. The van der Waals surface area contributed by atoms with E-state index < -0.39 is 4.92 Å². The number of fused-ring (bicyclic) bond motifs is 1. The Morgan fingerprint density at radius 3 is 2.85 bits per heavy atom. The van der Waals surface area contributed by atoms with E-state index in [4.69, 9.17) is 4.74 Å². The minimum absolute atomic E-state index is 0.0194. The van der Waals surface area contributed by atoms with Crippen LogP contribution in [0.4, 0.5) is 15.8 Å². The van der Waals surface area contributed by atoms with Crippen molar-refractivity contribution in [2.45, 2.75) is 12.8 Å². The molecule has 134 valence electrons. The summed E-state index contributed by atoms with van der Waals surface area (Å²) in [5.41, 5.74) is 1.08. The van der Waals surface area contributed by atoms with Gasteiger partial charge in [-0.15, -0.1) is 0 Å². The molecule has 0 radical (unpaired) electrons. The third-order valence-corrected chi connectivity index (χ3v) is 4.30. The number of anilines is 1. The molecule has 1 N–H and O–H groups in total. The SMILES string of the molecule is COc1ccc(F)cc1C(C)CNc1ccc2ccncc2c1[N+](=O)[O-]. The number of benzene rings is 2. The minimum atomic E-state index is -0.417. The van der Waals surface area contributed by atoms with E-state index in [-0.39, 0.29) is 17.4 Å². The molecule has 1 atom stereocenters. The number of hydrogen-bond acceptors (Lipinski definition) is 5. The summed E-state index contributed by atoms with van der Waals surface area (Å²) in [5, 5.41) is 15.9. The number of methoxy groups -OCH3 is 1. The molecule has 0 bridgehead atoms. The van der Waals surface area contributed by atoms with Crippen LogP contribution in [-0.4, -0.2) is 23.6 Å². The smallest absolute Gasteiger partial charge is 0.301 e. The molecule has 26 heavy (non-hydrogen) atoms. The van der Waals surface area contributed by atoms with Crippen molar-refractivity contribution in [1.29, 1.82) is 0 Å². The minimum Gasteiger partial charge on any atom is -0.496 e. The first-order valence-electron chi connectivity index (χ1n) is 8.09. The van der Waals surface area contributed by atoms with E-state index in [0.717, 1.165) is 5.39 Å². The van der Waals surface area contributed by atoms with Gasteiger partial charge in [0.15, 0.2) is 0 Å². The van der Waals surface area contributed by atoms with Gasteiger partial charge in [0.2, 0.25) is 0 Å². The lowest BCUT2D eigenvalue weighted by Crippen LogP contribution is -2.12. The van der Waals surface area contributed by atoms with Crippen LogP contribution in [0.1, 0.15) is 18.4 Å². The van der Waals surface area contributed by atoms with Crippen molar-refractivity contribution in [1.82, 2.24) is 4.98 Å². The first-order valence-corrected chi connectivity index (χ1v) is 8.09. The van der Waals surface area contributed by atoms with E-state index in [1.165, 1.54) is 25.4 Å². The quantitative estimate of drug-likeness (QED) is 0.520. The van der Waals surface area contributed by atoms with Gasteiger partial charge in [-0.1, -0.05) is 13.0 Å². The fraction of sp³-hybridized carbons (Fsp3) is 0.211. The molecule has 0 saturated heterocycles. The van der Waals surface area contributed by atoms with Gasteiger partial charge in [0.1, 0.15) is 17.3 Å². The average molecular weight is 355 g/mol. The molecule has 1 aromatic heterocycles. The summed E-state index contributed by atoms with van der Waals surface area (Å²) in [7, 11) is 1.53. The number of nitro groups is 1. The summed E-state index contributed by atoms with van der Waals surface area (Å²) in [6.07, 6.45) is 3.08. The molecule has 3 rings (SSSR count). The molecule has 1 heterocycles. The lowest BCUT2D eigenvalue weighted by Gasteiger charge is -2.17. The average Bonchev–Trinajstić information content (AvgIpc) is 2.65. The van der Waals surface area contributed by atoms with E-state index in [1.54, 1.807) is 30.5 Å². The Morgan fingerprint density at radius 1 is 1.31 bits per heavy atom. The predicted octanol–water partition coefficient (Wildman–Crippen LogP) is 4.51. The van der Waals surface area contributed by atoms with Crippen LogP contribution in [0, 0.1) is 15.9 Å². The first kappa shape index (κ1) is 17.6. The van der Waals surface area contributed by atoms with Crippen molar-refractivity contribution in [2.75, 3.05) is 19.0 Å². The largest absolute Gasteiger partial charge is 0.496 e. The van der Waals surface area contributed by atoms with Crippen LogP contribution in [0.5, 0.6) is 5.75 Å². The standard InChI is InChI=1S/C19H18FN3O3/c1-12(15-9-14(20)4-6-18(15)26-2)10-22-17-5-3-13-7-8-21-11-16(13)19(17)23(24)25/h3-9,11-12,22H,10H2,1-2H3. The molecule has 0 aliphatic rings. The lowest BCUT2D eigenvalue weighted by atomic mass is 9.99. The first-order chi connectivity index (χ1) is 12.5. The third kappa shape index (κ3) is 3.42. The van der Waals surface area contributed by atoms with Gasteiger partial charge >= 0.3 is 5.69 Å². The van der Waals surface area contributed by atoms with E-state index in [1.807, 2.05) is 6.92 Å². The van der Waals surface area contributed by atoms with Crippen LogP contribution in [-0.2, 0) is 0 Å². The maximum atomic E-state index is 13.6. The Kier molecular flexibility index (Phi) is 4.97. The second kappa shape index (κ2) is 7.35. The molecule has 7 heteroatoms. The second-order valence-electron chi connectivity index (χ2n) is 5.98. The Hall–Kier alpha value is -3.22. The van der Waals surface area contributed by atoms with Gasteiger partial charge in [-0.25, -0.2) is 4.39 Å². The zero-order valence-corrected chi connectivity index (χ0v) is 14.4. The molecule has 0 saturated carbocycles. The number of pyridine rings is 1. The summed E-state index contributed by atoms with van der Waals surface area (Å²) >= 11 is 0. The molecule has 2 aromatic carbocycles. The summed E-state index contributed by atoms with van der Waals surface area (Å²) in [6.45, 7) is 2.28. The number of nitrogens with zero attached hydrogens (tertiary/aromatic N) is 2. The maximum Gasteiger partial charge on any atom is 0.301 e. The van der Waals surface area contributed by atoms with Crippen LogP contribution < -0.4 is 10.1 Å². The molecular weight excluding hydrogens is 337 g/mol. The number of ether oxygens (including phenoxy) is 1. The van der Waals surface area contributed by atoms with Crippen molar-refractivity contribution < 1.29 is 14.1 Å². The van der Waals surface area contributed by atoms with Crippen LogP contribution in [0.3, 0.4) is 0 Å². The predicted molar refractivity (Wildman–Crippen MR) is 98.3 cm³/mol. The van der Waals surface area contributed by atoms with E-state index in [9.17, 15) is 14.5 Å². The van der Waals surface area contributed by atoms with Crippen LogP contribution in [0.25, 0.3) is 10.8 Å². The number of nitrogens with one attached hydrogen (secondary N) is 1. The third-order valence-electron chi connectivity index (χ3n) is 4.30. The normalized spacial score (nSPS) is 12.0. The highest BCUT2D eigenvalue weighted by atomic mass is 19.1. The van der Waals surface area contributed by atoms with Crippen LogP contribution in [0.2, 0.25) is 0 Å². The second-order valence-corrected chi connectivity index (χ2v) is 5.98. The number of rotatable bonds is 6. The van der Waals surface area contributed by atoms with Crippen molar-refractivity contribution in [3.05, 3.63) is 70.3 Å². The molecule has 0 fully saturated rings. The molecular formula is C19H18FN3O3. The highest BCUT2D eigenvalue weighted by Gasteiger charge is 2.20. The molecule has 0 aliphatic carbocycles. The molecule has 6 nitrogen and oxygen atoms in total. The number of halogens is 1. The van der Waals surface area contributed by atoms with Gasteiger partial charge in [0.25, 0.3) is 0 Å². The molecule has 1 unspecified atom stereocenters. The Morgan fingerprint density at radius 2 is 2.12 bits per heavy atom. The maximum absolute atomic E-state index is 13.6. The van der Waals surface area contributed by atoms with Crippen molar-refractivity contribution >= 4 is 22.1 Å². The summed E-state index contributed by atoms with van der Waals surface area (Å²) in [4.78, 5) is 15.1. The van der Waals surface area contributed by atoms with Gasteiger partial charge in [-0.2, -0.15) is 0 Å². The molecule has 0 amide bonds. The Labute approximate surface area is 149 Å². The molecule has 0 aliphatic heterocycles. The van der Waals surface area contributed by atoms with E-state index >= 15 is 0 Å². The van der Waals surface area contributed by atoms with Gasteiger partial charge in [0, 0.05) is 30.4 Å². The van der Waals surface area contributed by atoms with Gasteiger partial charge < -0.3 is 10.1 Å². The fourth-order valence-electron chi connectivity index (χ4n) is 2.95. The number of aromatic nitrogens is 1. The van der Waals surface area contributed by atoms with Crippen molar-refractivity contribution in [3.63, 3.8) is 0 Å². The molecule has 0 spiro atoms. The number of nitro benzene ring substituents is 1. The number of hydrogen-bond donors (Lipinski definition) is 1. The van der Waals surface area contributed by atoms with Crippen LogP contribution in [0.15, 0.2) is 48.8 Å². The lowest BCUT2D eigenvalue weighted by molar-refractivity contribution is -0.382. The zero-order valence-electron chi connectivity index (χ0n) is 14.4. The Bertz CT molecular complexity index is 962. The van der Waals surface area contributed by atoms with Gasteiger partial charge in [-0.05, 0) is 35.7 Å². The Balaban J connectivity index is 1.89. The molecule has 3 aromatic rings. The van der Waals surface area contributed by atoms with E-state index in [0.29, 0.717) is 28.9 Å².